The molecule has 0 aliphatic carbocycles. The molecule has 0 spiro atoms. The molecule has 7 amide bonds. The molecule has 1 aromatic carbocycles. The van der Waals surface area contributed by atoms with Crippen LogP contribution in [0.5, 0.6) is 0 Å². The zero-order valence-electron chi connectivity index (χ0n) is 28.4. The summed E-state index contributed by atoms with van der Waals surface area (Å²) in [5.74, 6) is -3.54. The second kappa shape index (κ2) is 22.1. The largest absolute Gasteiger partial charge is 0.461 e. The number of amides is 7. The molecule has 14 heteroatoms. The number of urea groups is 1. The Morgan fingerprint density at radius 1 is 0.957 bits per heavy atom. The zero-order valence-corrected chi connectivity index (χ0v) is 28.4. The third-order valence-electron chi connectivity index (χ3n) is 6.55. The van der Waals surface area contributed by atoms with Crippen LogP contribution in [0.25, 0.3) is 0 Å². The number of anilines is 1. The highest BCUT2D eigenvalue weighted by Gasteiger charge is 2.41. The Morgan fingerprint density at radius 3 is 2.02 bits per heavy atom. The number of nitrogens with two attached hydrogens (primary N) is 1. The van der Waals surface area contributed by atoms with Gasteiger partial charge in [-0.2, -0.15) is 0 Å². The lowest BCUT2D eigenvalue weighted by molar-refractivity contribution is -0.145. The highest BCUT2D eigenvalue weighted by Crippen LogP contribution is 2.26. The lowest BCUT2D eigenvalue weighted by Gasteiger charge is -2.23. The highest BCUT2D eigenvalue weighted by atomic mass is 16.5. The summed E-state index contributed by atoms with van der Waals surface area (Å²) < 4.78 is 5.05. The lowest BCUT2D eigenvalue weighted by atomic mass is 9.94. The minimum atomic E-state index is -0.959. The van der Waals surface area contributed by atoms with Gasteiger partial charge >= 0.3 is 12.0 Å². The van der Waals surface area contributed by atoms with Gasteiger partial charge in [0.1, 0.15) is 19.2 Å². The number of hydrogen-bond acceptors (Lipinski definition) is 8. The number of carbonyl (C=O) groups excluding carboxylic acids is 7. The van der Waals surface area contributed by atoms with Crippen molar-refractivity contribution in [1.82, 2.24) is 20.9 Å². The molecule has 1 aromatic rings. The van der Waals surface area contributed by atoms with Crippen molar-refractivity contribution in [2.45, 2.75) is 87.3 Å². The van der Waals surface area contributed by atoms with Crippen molar-refractivity contribution < 1.29 is 38.3 Å². The summed E-state index contributed by atoms with van der Waals surface area (Å²) >= 11 is 0. The quantitative estimate of drug-likeness (QED) is 0.149. The Balaban J connectivity index is 0.00000198. The van der Waals surface area contributed by atoms with Gasteiger partial charge in [-0.25, -0.2) is 4.79 Å². The molecule has 0 aromatic heterocycles. The fourth-order valence-corrected chi connectivity index (χ4v) is 3.97. The highest BCUT2D eigenvalue weighted by molar-refractivity contribution is 6.06. The van der Waals surface area contributed by atoms with E-state index in [1.807, 2.05) is 34.6 Å². The van der Waals surface area contributed by atoms with Gasteiger partial charge in [-0.15, -0.1) is 0 Å². The predicted octanol–water partition coefficient (Wildman–Crippen LogP) is 2.46. The molecular weight excluding hydrogens is 596 g/mol. The van der Waals surface area contributed by atoms with Crippen LogP contribution in [-0.2, 0) is 40.1 Å². The van der Waals surface area contributed by atoms with Gasteiger partial charge in [0.25, 0.3) is 0 Å². The van der Waals surface area contributed by atoms with Crippen molar-refractivity contribution in [2.24, 2.45) is 23.5 Å². The Kier molecular flexibility index (Phi) is 19.9. The van der Waals surface area contributed by atoms with Crippen molar-refractivity contribution >= 4 is 47.2 Å². The fraction of sp³-hybridized carbons (Fsp3) is 0.594. The molecule has 6 N–H and O–H groups in total. The van der Waals surface area contributed by atoms with Crippen LogP contribution in [0.1, 0.15) is 80.2 Å². The number of ether oxygens (including phenoxy) is 1. The molecule has 1 saturated heterocycles. The van der Waals surface area contributed by atoms with E-state index >= 15 is 0 Å². The van der Waals surface area contributed by atoms with Crippen LogP contribution in [0.2, 0.25) is 0 Å². The van der Waals surface area contributed by atoms with Crippen molar-refractivity contribution in [3.8, 4) is 0 Å². The molecule has 0 saturated carbocycles. The number of hydrogen-bond donors (Lipinski definition) is 5. The number of nitrogens with zero attached hydrogens (tertiary/aromatic N) is 1. The summed E-state index contributed by atoms with van der Waals surface area (Å²) in [4.78, 5) is 84.2. The molecule has 1 heterocycles. The van der Waals surface area contributed by atoms with Crippen LogP contribution in [0.3, 0.4) is 0 Å². The first-order chi connectivity index (χ1) is 21.7. The molecule has 2 rings (SSSR count). The van der Waals surface area contributed by atoms with E-state index in [0.29, 0.717) is 12.2 Å². The molecular formula is C32H52N6O8. The number of imide groups is 1. The monoisotopic (exact) mass is 648 g/mol. The van der Waals surface area contributed by atoms with Crippen molar-refractivity contribution in [3.05, 3.63) is 29.8 Å². The molecule has 2 unspecified atom stereocenters. The van der Waals surface area contributed by atoms with Crippen LogP contribution in [0, 0.1) is 17.8 Å². The van der Waals surface area contributed by atoms with E-state index in [0.717, 1.165) is 16.9 Å². The van der Waals surface area contributed by atoms with Crippen molar-refractivity contribution in [1.29, 1.82) is 0 Å². The van der Waals surface area contributed by atoms with Crippen molar-refractivity contribution in [2.75, 3.05) is 25.0 Å². The van der Waals surface area contributed by atoms with E-state index in [-0.39, 0.29) is 49.7 Å². The molecule has 46 heavy (non-hydrogen) atoms. The van der Waals surface area contributed by atoms with Gasteiger partial charge in [0.05, 0.1) is 6.54 Å². The maximum Gasteiger partial charge on any atom is 0.312 e. The third-order valence-corrected chi connectivity index (χ3v) is 6.55. The summed E-state index contributed by atoms with van der Waals surface area (Å²) in [5, 5.41) is 10.2. The van der Waals surface area contributed by atoms with Gasteiger partial charge in [-0.1, -0.05) is 67.5 Å². The number of carbonyl (C=O) groups is 7. The second-order valence-corrected chi connectivity index (χ2v) is 10.9. The molecule has 258 valence electrons. The average molecular weight is 649 g/mol. The predicted molar refractivity (Wildman–Crippen MR) is 174 cm³/mol. The van der Waals surface area contributed by atoms with Gasteiger partial charge < -0.3 is 31.7 Å². The number of nitrogens with one attached hydrogen (secondary N) is 4. The van der Waals surface area contributed by atoms with Gasteiger partial charge in [0.2, 0.25) is 29.5 Å². The Hall–Kier alpha value is -4.49. The van der Waals surface area contributed by atoms with E-state index in [2.05, 4.69) is 21.3 Å². The molecule has 14 nitrogen and oxygen atoms in total. The first kappa shape index (κ1) is 41.5. The minimum Gasteiger partial charge on any atom is -0.461 e. The number of benzene rings is 1. The summed E-state index contributed by atoms with van der Waals surface area (Å²) in [6.07, 6.45) is 1.29. The maximum atomic E-state index is 12.7. The van der Waals surface area contributed by atoms with Crippen LogP contribution in [0.4, 0.5) is 10.5 Å². The smallest absolute Gasteiger partial charge is 0.312 e. The molecule has 1 fully saturated rings. The zero-order chi connectivity index (χ0) is 35.4. The van der Waals surface area contributed by atoms with Gasteiger partial charge in [-0.05, 0) is 36.0 Å². The van der Waals surface area contributed by atoms with E-state index in [1.54, 1.807) is 45.0 Å². The molecule has 0 bridgehead atoms. The number of primary amides is 1. The average Bonchev–Trinajstić information content (AvgIpc) is 3.30. The Bertz CT molecular complexity index is 1170. The summed E-state index contributed by atoms with van der Waals surface area (Å²) in [6.45, 7) is 14.8. The van der Waals surface area contributed by atoms with Gasteiger partial charge in [0, 0.05) is 31.0 Å². The number of rotatable bonds is 14. The van der Waals surface area contributed by atoms with Gasteiger partial charge in [0.15, 0.2) is 0 Å². The SMILES string of the molecule is CC.CCC(=O)OCc1ccc(NC(=O)CNC(=O)C(NC(=O)CN2C(=O)CC(C(C)C)C2=O)C(C)C)cc1.CCCNC(N)=O. The van der Waals surface area contributed by atoms with Crippen LogP contribution >= 0.6 is 0 Å². The van der Waals surface area contributed by atoms with Gasteiger partial charge in [-0.3, -0.25) is 33.7 Å². The first-order valence-corrected chi connectivity index (χ1v) is 15.7. The van der Waals surface area contributed by atoms with Crippen LogP contribution < -0.4 is 27.0 Å². The molecule has 1 aliphatic rings. The number of esters is 1. The standard InChI is InChI=1S/C26H36N4O7.C4H10N2O.C2H6/c1-6-23(34)37-14-17-7-9-18(10-8-17)28-20(31)12-27-25(35)24(16(4)5)29-21(32)13-30-22(33)11-19(15(2)3)26(30)36;1-2-3-6-4(5)7;1-2/h7-10,15-16,19,24H,6,11-14H2,1-5H3,(H,27,35)(H,28,31)(H,29,32);2-3H2,1H3,(H3,5,6,7);1-2H3. The first-order valence-electron chi connectivity index (χ1n) is 15.7. The van der Waals surface area contributed by atoms with E-state index < -0.39 is 48.2 Å². The Morgan fingerprint density at radius 2 is 1.57 bits per heavy atom. The maximum absolute atomic E-state index is 12.7. The summed E-state index contributed by atoms with van der Waals surface area (Å²) in [7, 11) is 0. The van der Waals surface area contributed by atoms with E-state index in [4.69, 9.17) is 10.5 Å². The molecule has 2 atom stereocenters. The number of likely N-dealkylation sites (tertiary alicyclic amines) is 1. The third kappa shape index (κ3) is 15.5. The summed E-state index contributed by atoms with van der Waals surface area (Å²) in [5.41, 5.74) is 5.99. The Labute approximate surface area is 271 Å². The summed E-state index contributed by atoms with van der Waals surface area (Å²) in [6, 6.07) is 5.32. The second-order valence-electron chi connectivity index (χ2n) is 10.9. The van der Waals surface area contributed by atoms with Crippen molar-refractivity contribution in [3.63, 3.8) is 0 Å². The van der Waals surface area contributed by atoms with Crippen LogP contribution in [-0.4, -0.2) is 72.1 Å². The molecule has 0 radical (unpaired) electrons. The minimum absolute atomic E-state index is 0.0201. The van der Waals surface area contributed by atoms with E-state index in [9.17, 15) is 33.6 Å². The van der Waals surface area contributed by atoms with E-state index in [1.165, 1.54) is 0 Å². The fourth-order valence-electron chi connectivity index (χ4n) is 3.97. The molecule has 1 aliphatic heterocycles. The normalized spacial score (nSPS) is 14.3. The van der Waals surface area contributed by atoms with Crippen LogP contribution in [0.15, 0.2) is 24.3 Å². The lowest BCUT2D eigenvalue weighted by Crippen LogP contribution is -2.53. The topological polar surface area (TPSA) is 206 Å².